The zero-order valence-corrected chi connectivity index (χ0v) is 5.29. The first-order valence-electron chi connectivity index (χ1n) is 3.55. The Morgan fingerprint density at radius 3 is 3.00 bits per heavy atom. The molecule has 2 rings (SSSR count). The van der Waals surface area contributed by atoms with Crippen molar-refractivity contribution in [3.05, 3.63) is 12.2 Å². The molecule has 1 heteroatoms. The van der Waals surface area contributed by atoms with E-state index in [0.29, 0.717) is 11.8 Å². The van der Waals surface area contributed by atoms with E-state index in [1.165, 1.54) is 12.8 Å². The van der Waals surface area contributed by atoms with Crippen molar-refractivity contribution >= 4 is 6.29 Å². The van der Waals surface area contributed by atoms with E-state index in [-0.39, 0.29) is 0 Å². The molecule has 2 aliphatic carbocycles. The molecule has 0 aromatic carbocycles. The fraction of sp³-hybridized carbons (Fsp3) is 0.625. The lowest BCUT2D eigenvalue weighted by Crippen LogP contribution is -1.84. The summed E-state index contributed by atoms with van der Waals surface area (Å²) in [4.78, 5) is 10.3. The molecule has 0 aromatic heterocycles. The zero-order chi connectivity index (χ0) is 6.27. The minimum Gasteiger partial charge on any atom is -0.303 e. The van der Waals surface area contributed by atoms with Gasteiger partial charge < -0.3 is 4.79 Å². The van der Waals surface area contributed by atoms with E-state index in [2.05, 4.69) is 12.2 Å². The normalized spacial score (nSPS) is 46.0. The lowest BCUT2D eigenvalue weighted by Gasteiger charge is -1.96. The van der Waals surface area contributed by atoms with Crippen molar-refractivity contribution < 1.29 is 4.79 Å². The average molecular weight is 122 g/mol. The summed E-state index contributed by atoms with van der Waals surface area (Å²) in [5, 5.41) is 0. The predicted octanol–water partition coefficient (Wildman–Crippen LogP) is 1.40. The molecule has 0 radical (unpaired) electrons. The van der Waals surface area contributed by atoms with Crippen molar-refractivity contribution in [1.82, 2.24) is 0 Å². The Kier molecular flexibility index (Phi) is 0.981. The molecule has 0 N–H and O–H groups in total. The Hall–Kier alpha value is -0.590. The van der Waals surface area contributed by atoms with E-state index >= 15 is 0 Å². The van der Waals surface area contributed by atoms with E-state index < -0.39 is 0 Å². The molecular weight excluding hydrogens is 112 g/mol. The number of hydrogen-bond acceptors (Lipinski definition) is 1. The van der Waals surface area contributed by atoms with Crippen LogP contribution in [-0.4, -0.2) is 6.29 Å². The predicted molar refractivity (Wildman–Crippen MR) is 34.9 cm³/mol. The minimum absolute atomic E-state index is 0.392. The molecule has 9 heavy (non-hydrogen) atoms. The van der Waals surface area contributed by atoms with Crippen LogP contribution < -0.4 is 0 Å². The van der Waals surface area contributed by atoms with Gasteiger partial charge in [0, 0.05) is 5.92 Å². The van der Waals surface area contributed by atoms with Crippen molar-refractivity contribution in [2.24, 2.45) is 17.8 Å². The van der Waals surface area contributed by atoms with E-state index in [0.717, 1.165) is 12.2 Å². The molecule has 0 aliphatic heterocycles. The summed E-state index contributed by atoms with van der Waals surface area (Å²) < 4.78 is 0. The van der Waals surface area contributed by atoms with Crippen LogP contribution in [-0.2, 0) is 4.79 Å². The number of fused-ring (bicyclic) bond motifs is 1. The van der Waals surface area contributed by atoms with E-state index in [1.54, 1.807) is 0 Å². The van der Waals surface area contributed by atoms with Crippen LogP contribution in [0.4, 0.5) is 0 Å². The van der Waals surface area contributed by atoms with Crippen LogP contribution in [0.15, 0.2) is 12.2 Å². The molecule has 0 bridgehead atoms. The number of rotatable bonds is 1. The number of allylic oxidation sites excluding steroid dienone is 2. The van der Waals surface area contributed by atoms with Gasteiger partial charge in [0.1, 0.15) is 6.29 Å². The van der Waals surface area contributed by atoms with Gasteiger partial charge in [0.2, 0.25) is 0 Å². The largest absolute Gasteiger partial charge is 0.303 e. The van der Waals surface area contributed by atoms with Crippen molar-refractivity contribution in [2.45, 2.75) is 12.8 Å². The fourth-order valence-electron chi connectivity index (χ4n) is 1.82. The monoisotopic (exact) mass is 122 g/mol. The third kappa shape index (κ3) is 0.640. The smallest absolute Gasteiger partial charge is 0.123 e. The SMILES string of the molecule is O=C[C@@H]1[C@H]2C=CCC[C@@H]12. The number of hydrogen-bond donors (Lipinski definition) is 0. The Labute approximate surface area is 54.8 Å². The summed E-state index contributed by atoms with van der Waals surface area (Å²) in [7, 11) is 0. The van der Waals surface area contributed by atoms with Crippen LogP contribution in [0.5, 0.6) is 0 Å². The lowest BCUT2D eigenvalue weighted by atomic mass is 10.1. The van der Waals surface area contributed by atoms with E-state index in [4.69, 9.17) is 0 Å². The molecule has 0 heterocycles. The summed E-state index contributed by atoms with van der Waals surface area (Å²) in [6.07, 6.45) is 7.94. The van der Waals surface area contributed by atoms with Crippen LogP contribution in [0, 0.1) is 17.8 Å². The molecule has 0 unspecified atom stereocenters. The maximum absolute atomic E-state index is 10.3. The van der Waals surface area contributed by atoms with Gasteiger partial charge in [-0.05, 0) is 24.7 Å². The molecule has 0 saturated heterocycles. The Morgan fingerprint density at radius 1 is 1.56 bits per heavy atom. The van der Waals surface area contributed by atoms with Gasteiger partial charge in [-0.25, -0.2) is 0 Å². The van der Waals surface area contributed by atoms with Crippen LogP contribution in [0.1, 0.15) is 12.8 Å². The van der Waals surface area contributed by atoms with Gasteiger partial charge in [-0.15, -0.1) is 0 Å². The summed E-state index contributed by atoms with van der Waals surface area (Å²) in [5.74, 6) is 1.76. The second-order valence-electron chi connectivity index (χ2n) is 2.96. The third-order valence-electron chi connectivity index (χ3n) is 2.47. The Bertz CT molecular complexity index is 160. The summed E-state index contributed by atoms with van der Waals surface area (Å²) >= 11 is 0. The average Bonchev–Trinajstić information content (AvgIpc) is 2.60. The number of carbonyl (C=O) groups is 1. The van der Waals surface area contributed by atoms with Crippen LogP contribution in [0.3, 0.4) is 0 Å². The maximum Gasteiger partial charge on any atom is 0.123 e. The van der Waals surface area contributed by atoms with Gasteiger partial charge in [-0.1, -0.05) is 12.2 Å². The highest BCUT2D eigenvalue weighted by atomic mass is 16.1. The summed E-state index contributed by atoms with van der Waals surface area (Å²) in [6, 6.07) is 0. The van der Waals surface area contributed by atoms with Crippen LogP contribution in [0.2, 0.25) is 0 Å². The molecule has 1 fully saturated rings. The topological polar surface area (TPSA) is 17.1 Å². The molecule has 2 aliphatic rings. The van der Waals surface area contributed by atoms with Gasteiger partial charge in [0.15, 0.2) is 0 Å². The highest BCUT2D eigenvalue weighted by Crippen LogP contribution is 2.50. The first-order valence-corrected chi connectivity index (χ1v) is 3.55. The summed E-state index contributed by atoms with van der Waals surface area (Å²) in [5.41, 5.74) is 0. The first kappa shape index (κ1) is 5.21. The molecule has 1 saturated carbocycles. The minimum atomic E-state index is 0.392. The van der Waals surface area contributed by atoms with Gasteiger partial charge >= 0.3 is 0 Å². The molecule has 0 aromatic rings. The summed E-state index contributed by atoms with van der Waals surface area (Å²) in [6.45, 7) is 0. The highest BCUT2D eigenvalue weighted by Gasteiger charge is 2.48. The van der Waals surface area contributed by atoms with Crippen molar-refractivity contribution in [3.63, 3.8) is 0 Å². The van der Waals surface area contributed by atoms with Gasteiger partial charge in [0.05, 0.1) is 0 Å². The number of carbonyl (C=O) groups excluding carboxylic acids is 1. The molecule has 0 spiro atoms. The Balaban J connectivity index is 2.09. The van der Waals surface area contributed by atoms with E-state index in [9.17, 15) is 4.79 Å². The molecule has 0 amide bonds. The highest BCUT2D eigenvalue weighted by molar-refractivity contribution is 5.60. The molecule has 48 valence electrons. The van der Waals surface area contributed by atoms with Crippen molar-refractivity contribution in [1.29, 1.82) is 0 Å². The van der Waals surface area contributed by atoms with E-state index in [1.807, 2.05) is 0 Å². The van der Waals surface area contributed by atoms with Gasteiger partial charge in [0.25, 0.3) is 0 Å². The van der Waals surface area contributed by atoms with Gasteiger partial charge in [-0.2, -0.15) is 0 Å². The van der Waals surface area contributed by atoms with Crippen LogP contribution in [0.25, 0.3) is 0 Å². The first-order chi connectivity index (χ1) is 4.43. The molecule has 3 atom stereocenters. The third-order valence-corrected chi connectivity index (χ3v) is 2.47. The second-order valence-corrected chi connectivity index (χ2v) is 2.96. The standard InChI is InChI=1S/C8H10O/c9-5-8-6-3-1-2-4-7(6)8/h1,3,5-8H,2,4H2/t6-,7+,8+/m0/s1. The second kappa shape index (κ2) is 1.69. The number of aldehydes is 1. The van der Waals surface area contributed by atoms with Crippen molar-refractivity contribution in [3.8, 4) is 0 Å². The Morgan fingerprint density at radius 2 is 2.44 bits per heavy atom. The lowest BCUT2D eigenvalue weighted by molar-refractivity contribution is -0.109. The molecule has 1 nitrogen and oxygen atoms in total. The zero-order valence-electron chi connectivity index (χ0n) is 5.29. The van der Waals surface area contributed by atoms with Crippen molar-refractivity contribution in [2.75, 3.05) is 0 Å². The fourth-order valence-corrected chi connectivity index (χ4v) is 1.82. The molecular formula is C8H10O. The quantitative estimate of drug-likeness (QED) is 0.379. The van der Waals surface area contributed by atoms with Crippen LogP contribution >= 0.6 is 0 Å². The maximum atomic E-state index is 10.3. The van der Waals surface area contributed by atoms with Gasteiger partial charge in [-0.3, -0.25) is 0 Å².